The molecule has 0 amide bonds. The lowest BCUT2D eigenvalue weighted by molar-refractivity contribution is 0.163. The van der Waals surface area contributed by atoms with Crippen LogP contribution in [0.25, 0.3) is 0 Å². The standard InChI is InChI=1S/C13H24ClN3O/c1-5-10(9-18-4)15-8-12-13(14)11(6-2)16-17(12)7-3/h10,15H,5-9H2,1-4H3. The van der Waals surface area contributed by atoms with E-state index in [1.54, 1.807) is 7.11 Å². The molecule has 0 aliphatic heterocycles. The Bertz CT molecular complexity index is 365. The van der Waals surface area contributed by atoms with Gasteiger partial charge in [0.15, 0.2) is 0 Å². The number of hydrogen-bond donors (Lipinski definition) is 1. The summed E-state index contributed by atoms with van der Waals surface area (Å²) in [6, 6.07) is 0.358. The molecule has 4 nitrogen and oxygen atoms in total. The van der Waals surface area contributed by atoms with E-state index in [0.29, 0.717) is 6.04 Å². The minimum absolute atomic E-state index is 0.358. The summed E-state index contributed by atoms with van der Waals surface area (Å²) in [4.78, 5) is 0. The molecule has 1 aromatic heterocycles. The van der Waals surface area contributed by atoms with Gasteiger partial charge in [-0.25, -0.2) is 0 Å². The molecule has 1 atom stereocenters. The highest BCUT2D eigenvalue weighted by Gasteiger charge is 2.15. The number of nitrogens with one attached hydrogen (secondary N) is 1. The average molecular weight is 274 g/mol. The van der Waals surface area contributed by atoms with Gasteiger partial charge in [0, 0.05) is 26.2 Å². The van der Waals surface area contributed by atoms with Crippen LogP contribution in [-0.2, 0) is 24.2 Å². The Morgan fingerprint density at radius 2 is 2.11 bits per heavy atom. The van der Waals surface area contributed by atoms with E-state index in [4.69, 9.17) is 16.3 Å². The van der Waals surface area contributed by atoms with E-state index in [2.05, 4.69) is 31.2 Å². The highest BCUT2D eigenvalue weighted by Crippen LogP contribution is 2.21. The van der Waals surface area contributed by atoms with Crippen LogP contribution in [0.1, 0.15) is 38.6 Å². The predicted molar refractivity (Wildman–Crippen MR) is 75.1 cm³/mol. The third-order valence-electron chi connectivity index (χ3n) is 3.11. The lowest BCUT2D eigenvalue weighted by Gasteiger charge is -2.16. The summed E-state index contributed by atoms with van der Waals surface area (Å²) in [7, 11) is 1.73. The first-order chi connectivity index (χ1) is 8.67. The summed E-state index contributed by atoms with van der Waals surface area (Å²) in [5.74, 6) is 0. The number of aryl methyl sites for hydroxylation is 2. The van der Waals surface area contributed by atoms with Crippen LogP contribution in [0.3, 0.4) is 0 Å². The zero-order valence-corrected chi connectivity index (χ0v) is 12.5. The first kappa shape index (κ1) is 15.5. The van der Waals surface area contributed by atoms with Gasteiger partial charge in [0.1, 0.15) is 0 Å². The van der Waals surface area contributed by atoms with Gasteiger partial charge in [0.2, 0.25) is 0 Å². The van der Waals surface area contributed by atoms with E-state index in [0.717, 1.165) is 48.9 Å². The second-order valence-corrected chi connectivity index (χ2v) is 4.70. The van der Waals surface area contributed by atoms with Gasteiger partial charge in [-0.2, -0.15) is 5.10 Å². The van der Waals surface area contributed by atoms with E-state index < -0.39 is 0 Å². The van der Waals surface area contributed by atoms with Crippen molar-refractivity contribution < 1.29 is 4.74 Å². The third-order valence-corrected chi connectivity index (χ3v) is 3.55. The fraction of sp³-hybridized carbons (Fsp3) is 0.769. The largest absolute Gasteiger partial charge is 0.383 e. The average Bonchev–Trinajstić information content (AvgIpc) is 2.70. The van der Waals surface area contributed by atoms with Crippen LogP contribution in [0.4, 0.5) is 0 Å². The smallest absolute Gasteiger partial charge is 0.0863 e. The second kappa shape index (κ2) is 7.77. The Hall–Kier alpha value is -0.580. The van der Waals surface area contributed by atoms with E-state index in [1.807, 2.05) is 4.68 Å². The van der Waals surface area contributed by atoms with Crippen LogP contribution in [0.2, 0.25) is 5.02 Å². The fourth-order valence-corrected chi connectivity index (χ4v) is 2.29. The van der Waals surface area contributed by atoms with Gasteiger partial charge in [0.25, 0.3) is 0 Å². The minimum Gasteiger partial charge on any atom is -0.383 e. The van der Waals surface area contributed by atoms with Crippen LogP contribution < -0.4 is 5.32 Å². The fourth-order valence-electron chi connectivity index (χ4n) is 1.95. The minimum atomic E-state index is 0.358. The number of hydrogen-bond acceptors (Lipinski definition) is 3. The molecule has 0 spiro atoms. The first-order valence-electron chi connectivity index (χ1n) is 6.64. The van der Waals surface area contributed by atoms with Crippen molar-refractivity contribution in [3.8, 4) is 0 Å². The monoisotopic (exact) mass is 273 g/mol. The zero-order valence-electron chi connectivity index (χ0n) is 11.8. The van der Waals surface area contributed by atoms with Crippen molar-refractivity contribution >= 4 is 11.6 Å². The molecule has 0 bridgehead atoms. The van der Waals surface area contributed by atoms with Gasteiger partial charge in [-0.05, 0) is 19.8 Å². The maximum absolute atomic E-state index is 6.36. The van der Waals surface area contributed by atoms with Crippen molar-refractivity contribution in [2.75, 3.05) is 13.7 Å². The van der Waals surface area contributed by atoms with Gasteiger partial charge >= 0.3 is 0 Å². The number of rotatable bonds is 8. The van der Waals surface area contributed by atoms with Crippen molar-refractivity contribution in [3.63, 3.8) is 0 Å². The predicted octanol–water partition coefficient (Wildman–Crippen LogP) is 2.63. The van der Waals surface area contributed by atoms with Crippen LogP contribution in [-0.4, -0.2) is 29.5 Å². The summed E-state index contributed by atoms with van der Waals surface area (Å²) in [6.07, 6.45) is 1.90. The van der Waals surface area contributed by atoms with Gasteiger partial charge in [0.05, 0.1) is 23.0 Å². The van der Waals surface area contributed by atoms with Crippen molar-refractivity contribution in [2.24, 2.45) is 0 Å². The number of ether oxygens (including phenoxy) is 1. The molecule has 0 aliphatic rings. The first-order valence-corrected chi connectivity index (χ1v) is 7.01. The molecule has 1 heterocycles. The molecular weight excluding hydrogens is 250 g/mol. The molecule has 0 saturated heterocycles. The van der Waals surface area contributed by atoms with Crippen LogP contribution in [0.5, 0.6) is 0 Å². The Morgan fingerprint density at radius 3 is 2.61 bits per heavy atom. The quantitative estimate of drug-likeness (QED) is 0.791. The molecule has 104 valence electrons. The van der Waals surface area contributed by atoms with E-state index in [1.165, 1.54) is 0 Å². The summed E-state index contributed by atoms with van der Waals surface area (Å²) in [6.45, 7) is 8.60. The van der Waals surface area contributed by atoms with Crippen molar-refractivity contribution in [1.29, 1.82) is 0 Å². The topological polar surface area (TPSA) is 39.1 Å². The van der Waals surface area contributed by atoms with Gasteiger partial charge in [-0.3, -0.25) is 4.68 Å². The second-order valence-electron chi connectivity index (χ2n) is 4.32. The van der Waals surface area contributed by atoms with Crippen LogP contribution >= 0.6 is 11.6 Å². The molecular formula is C13H24ClN3O. The zero-order chi connectivity index (χ0) is 13.5. The molecule has 0 radical (unpaired) electrons. The van der Waals surface area contributed by atoms with Crippen molar-refractivity contribution in [3.05, 3.63) is 16.4 Å². The summed E-state index contributed by atoms with van der Waals surface area (Å²) >= 11 is 6.36. The maximum Gasteiger partial charge on any atom is 0.0863 e. The van der Waals surface area contributed by atoms with Crippen molar-refractivity contribution in [2.45, 2.75) is 52.7 Å². The highest BCUT2D eigenvalue weighted by atomic mass is 35.5. The maximum atomic E-state index is 6.36. The molecule has 0 aliphatic carbocycles. The number of nitrogens with zero attached hydrogens (tertiary/aromatic N) is 2. The molecule has 18 heavy (non-hydrogen) atoms. The molecule has 1 aromatic rings. The Morgan fingerprint density at radius 1 is 1.39 bits per heavy atom. The van der Waals surface area contributed by atoms with Gasteiger partial charge < -0.3 is 10.1 Å². The summed E-state index contributed by atoms with van der Waals surface area (Å²) in [5, 5.41) is 8.78. The number of halogens is 1. The molecule has 0 saturated carbocycles. The Balaban J connectivity index is 2.73. The van der Waals surface area contributed by atoms with Crippen molar-refractivity contribution in [1.82, 2.24) is 15.1 Å². The van der Waals surface area contributed by atoms with Gasteiger partial charge in [-0.15, -0.1) is 0 Å². The van der Waals surface area contributed by atoms with Crippen LogP contribution in [0, 0.1) is 0 Å². The number of methoxy groups -OCH3 is 1. The number of aromatic nitrogens is 2. The summed E-state index contributed by atoms with van der Waals surface area (Å²) in [5.41, 5.74) is 2.06. The Labute approximate surface area is 115 Å². The van der Waals surface area contributed by atoms with Crippen LogP contribution in [0.15, 0.2) is 0 Å². The normalized spacial score (nSPS) is 12.9. The molecule has 5 heteroatoms. The lowest BCUT2D eigenvalue weighted by atomic mass is 10.2. The highest BCUT2D eigenvalue weighted by molar-refractivity contribution is 6.31. The lowest BCUT2D eigenvalue weighted by Crippen LogP contribution is -2.32. The SMILES string of the molecule is CCc1nn(CC)c(CNC(CC)COC)c1Cl. The molecule has 1 unspecified atom stereocenters. The van der Waals surface area contributed by atoms with E-state index >= 15 is 0 Å². The molecule has 0 aromatic carbocycles. The van der Waals surface area contributed by atoms with E-state index in [9.17, 15) is 0 Å². The Kier molecular flexibility index (Phi) is 6.68. The molecule has 0 fully saturated rings. The third kappa shape index (κ3) is 3.70. The molecule has 1 rings (SSSR count). The van der Waals surface area contributed by atoms with Gasteiger partial charge in [-0.1, -0.05) is 25.4 Å². The molecule has 1 N–H and O–H groups in total. The van der Waals surface area contributed by atoms with E-state index in [-0.39, 0.29) is 0 Å². The summed E-state index contributed by atoms with van der Waals surface area (Å²) < 4.78 is 7.16.